The predicted molar refractivity (Wildman–Crippen MR) is 86.5 cm³/mol. The fourth-order valence-corrected chi connectivity index (χ4v) is 4.05. The first-order chi connectivity index (χ1) is 10.2. The Morgan fingerprint density at radius 1 is 1.24 bits per heavy atom. The molecule has 4 heteroatoms. The van der Waals surface area contributed by atoms with Gasteiger partial charge in [0.25, 0.3) is 0 Å². The predicted octanol–water partition coefficient (Wildman–Crippen LogP) is 3.37. The Balaban J connectivity index is 1.87. The summed E-state index contributed by atoms with van der Waals surface area (Å²) >= 11 is 6.03. The Morgan fingerprint density at radius 3 is 2.67 bits per heavy atom. The van der Waals surface area contributed by atoms with E-state index in [-0.39, 0.29) is 12.1 Å². The molecule has 1 heterocycles. The Hall–Kier alpha value is -0.610. The molecular formula is C17H25ClN2O. The SMILES string of the molecule is CC(N)C(c1ccc(Cl)cc1)N1CCOC2CCCCC21. The van der Waals surface area contributed by atoms with Gasteiger partial charge in [-0.25, -0.2) is 0 Å². The largest absolute Gasteiger partial charge is 0.375 e. The van der Waals surface area contributed by atoms with E-state index in [2.05, 4.69) is 24.0 Å². The maximum Gasteiger partial charge on any atom is 0.0731 e. The van der Waals surface area contributed by atoms with E-state index in [1.54, 1.807) is 0 Å². The summed E-state index contributed by atoms with van der Waals surface area (Å²) in [4.78, 5) is 2.58. The van der Waals surface area contributed by atoms with Gasteiger partial charge in [0.15, 0.2) is 0 Å². The summed E-state index contributed by atoms with van der Waals surface area (Å²) in [6.45, 7) is 3.89. The quantitative estimate of drug-likeness (QED) is 0.930. The van der Waals surface area contributed by atoms with Crippen molar-refractivity contribution < 1.29 is 4.74 Å². The number of rotatable bonds is 3. The van der Waals surface area contributed by atoms with Crippen molar-refractivity contribution in [3.8, 4) is 0 Å². The zero-order valence-corrected chi connectivity index (χ0v) is 13.4. The van der Waals surface area contributed by atoms with Gasteiger partial charge in [-0.3, -0.25) is 4.90 Å². The lowest BCUT2D eigenvalue weighted by molar-refractivity contribution is -0.106. The van der Waals surface area contributed by atoms with Crippen LogP contribution in [-0.2, 0) is 4.74 Å². The number of ether oxygens (including phenoxy) is 1. The molecule has 0 radical (unpaired) electrons. The summed E-state index contributed by atoms with van der Waals surface area (Å²) in [7, 11) is 0. The van der Waals surface area contributed by atoms with Gasteiger partial charge in [0.1, 0.15) is 0 Å². The molecule has 3 nitrogen and oxygen atoms in total. The second-order valence-electron chi connectivity index (χ2n) is 6.35. The second-order valence-corrected chi connectivity index (χ2v) is 6.79. The summed E-state index contributed by atoms with van der Waals surface area (Å²) < 4.78 is 5.99. The molecule has 0 spiro atoms. The number of halogens is 1. The highest BCUT2D eigenvalue weighted by atomic mass is 35.5. The topological polar surface area (TPSA) is 38.5 Å². The molecule has 2 fully saturated rings. The average Bonchev–Trinajstić information content (AvgIpc) is 2.49. The van der Waals surface area contributed by atoms with Crippen LogP contribution in [0.25, 0.3) is 0 Å². The number of hydrogen-bond donors (Lipinski definition) is 1. The molecule has 0 amide bonds. The van der Waals surface area contributed by atoms with E-state index in [4.69, 9.17) is 22.1 Å². The first kappa shape index (κ1) is 15.3. The molecule has 21 heavy (non-hydrogen) atoms. The van der Waals surface area contributed by atoms with Gasteiger partial charge in [0, 0.05) is 23.7 Å². The van der Waals surface area contributed by atoms with E-state index in [9.17, 15) is 0 Å². The fraction of sp³-hybridized carbons (Fsp3) is 0.647. The standard InChI is InChI=1S/C17H25ClN2O/c1-12(19)17(13-6-8-14(18)9-7-13)20-10-11-21-16-5-3-2-4-15(16)20/h6-9,12,15-17H,2-5,10-11,19H2,1H3. The van der Waals surface area contributed by atoms with Crippen LogP contribution in [0, 0.1) is 0 Å². The molecule has 2 aliphatic rings. The van der Waals surface area contributed by atoms with Crippen LogP contribution < -0.4 is 5.73 Å². The van der Waals surface area contributed by atoms with Crippen molar-refractivity contribution in [2.45, 2.75) is 56.8 Å². The van der Waals surface area contributed by atoms with E-state index in [0.717, 1.165) is 18.2 Å². The van der Waals surface area contributed by atoms with Gasteiger partial charge in [-0.2, -0.15) is 0 Å². The zero-order valence-electron chi connectivity index (χ0n) is 12.7. The van der Waals surface area contributed by atoms with Crippen molar-refractivity contribution in [1.82, 2.24) is 4.90 Å². The molecule has 1 aliphatic heterocycles. The summed E-state index contributed by atoms with van der Waals surface area (Å²) in [6, 6.07) is 9.01. The van der Waals surface area contributed by atoms with Gasteiger partial charge >= 0.3 is 0 Å². The summed E-state index contributed by atoms with van der Waals surface area (Å²) in [6.07, 6.45) is 5.39. The third kappa shape index (κ3) is 3.26. The number of morpholine rings is 1. The Morgan fingerprint density at radius 2 is 1.95 bits per heavy atom. The molecule has 1 aliphatic carbocycles. The van der Waals surface area contributed by atoms with Crippen LogP contribution in [0.1, 0.15) is 44.2 Å². The molecule has 4 atom stereocenters. The van der Waals surface area contributed by atoms with Gasteiger partial charge in [0.05, 0.1) is 18.8 Å². The van der Waals surface area contributed by atoms with Crippen LogP contribution in [0.4, 0.5) is 0 Å². The fourth-order valence-electron chi connectivity index (χ4n) is 3.93. The monoisotopic (exact) mass is 308 g/mol. The van der Waals surface area contributed by atoms with Crippen molar-refractivity contribution in [3.05, 3.63) is 34.9 Å². The molecule has 1 saturated heterocycles. The van der Waals surface area contributed by atoms with Gasteiger partial charge in [-0.05, 0) is 37.5 Å². The van der Waals surface area contributed by atoms with Crippen LogP contribution in [-0.4, -0.2) is 36.2 Å². The van der Waals surface area contributed by atoms with Crippen molar-refractivity contribution >= 4 is 11.6 Å². The molecule has 1 aromatic carbocycles. The molecule has 4 unspecified atom stereocenters. The average molecular weight is 309 g/mol. The molecular weight excluding hydrogens is 284 g/mol. The minimum absolute atomic E-state index is 0.0897. The molecule has 3 rings (SSSR count). The Kier molecular flexibility index (Phi) is 4.85. The molecule has 1 aromatic rings. The van der Waals surface area contributed by atoms with Gasteiger partial charge in [0.2, 0.25) is 0 Å². The highest BCUT2D eigenvalue weighted by Crippen LogP contribution is 2.35. The lowest BCUT2D eigenvalue weighted by Gasteiger charge is -2.48. The van der Waals surface area contributed by atoms with E-state index in [1.165, 1.54) is 31.2 Å². The van der Waals surface area contributed by atoms with E-state index in [0.29, 0.717) is 12.1 Å². The van der Waals surface area contributed by atoms with E-state index in [1.807, 2.05) is 12.1 Å². The number of hydrogen-bond acceptors (Lipinski definition) is 3. The normalized spacial score (nSPS) is 29.7. The number of nitrogens with two attached hydrogens (primary N) is 1. The van der Waals surface area contributed by atoms with Crippen molar-refractivity contribution in [2.75, 3.05) is 13.2 Å². The molecule has 0 aromatic heterocycles. The van der Waals surface area contributed by atoms with E-state index >= 15 is 0 Å². The minimum Gasteiger partial charge on any atom is -0.375 e. The highest BCUT2D eigenvalue weighted by molar-refractivity contribution is 6.30. The zero-order chi connectivity index (χ0) is 14.8. The lowest BCUT2D eigenvalue weighted by Crippen LogP contribution is -2.56. The van der Waals surface area contributed by atoms with Crippen LogP contribution in [0.5, 0.6) is 0 Å². The van der Waals surface area contributed by atoms with Crippen molar-refractivity contribution in [3.63, 3.8) is 0 Å². The van der Waals surface area contributed by atoms with Crippen molar-refractivity contribution in [2.24, 2.45) is 5.73 Å². The first-order valence-corrected chi connectivity index (χ1v) is 8.43. The maximum atomic E-state index is 6.34. The first-order valence-electron chi connectivity index (χ1n) is 8.05. The molecule has 2 N–H and O–H groups in total. The molecule has 1 saturated carbocycles. The number of benzene rings is 1. The van der Waals surface area contributed by atoms with Crippen LogP contribution >= 0.6 is 11.6 Å². The van der Waals surface area contributed by atoms with Gasteiger partial charge < -0.3 is 10.5 Å². The summed E-state index contributed by atoms with van der Waals surface area (Å²) in [5.74, 6) is 0. The summed E-state index contributed by atoms with van der Waals surface area (Å²) in [5.41, 5.74) is 7.61. The smallest absolute Gasteiger partial charge is 0.0731 e. The second kappa shape index (κ2) is 6.66. The van der Waals surface area contributed by atoms with Gasteiger partial charge in [-0.15, -0.1) is 0 Å². The third-order valence-corrected chi connectivity index (χ3v) is 5.09. The summed E-state index contributed by atoms with van der Waals surface area (Å²) in [5, 5.41) is 0.777. The minimum atomic E-state index is 0.0897. The van der Waals surface area contributed by atoms with Crippen LogP contribution in [0.2, 0.25) is 5.02 Å². The van der Waals surface area contributed by atoms with Gasteiger partial charge in [-0.1, -0.05) is 36.6 Å². The molecule has 0 bridgehead atoms. The Bertz CT molecular complexity index is 460. The third-order valence-electron chi connectivity index (χ3n) is 4.84. The number of nitrogens with zero attached hydrogens (tertiary/aromatic N) is 1. The highest BCUT2D eigenvalue weighted by Gasteiger charge is 2.39. The number of fused-ring (bicyclic) bond motifs is 1. The van der Waals surface area contributed by atoms with E-state index < -0.39 is 0 Å². The molecule has 116 valence electrons. The Labute approximate surface area is 132 Å². The van der Waals surface area contributed by atoms with Crippen LogP contribution in [0.15, 0.2) is 24.3 Å². The van der Waals surface area contributed by atoms with Crippen LogP contribution in [0.3, 0.4) is 0 Å². The maximum absolute atomic E-state index is 6.34. The van der Waals surface area contributed by atoms with Crippen molar-refractivity contribution in [1.29, 1.82) is 0 Å². The lowest BCUT2D eigenvalue weighted by atomic mass is 9.87.